The van der Waals surface area contributed by atoms with Crippen LogP contribution in [-0.2, 0) is 21.5 Å². The van der Waals surface area contributed by atoms with Gasteiger partial charge in [-0.3, -0.25) is 14.5 Å². The van der Waals surface area contributed by atoms with Crippen molar-refractivity contribution < 1.29 is 19.1 Å². The molecule has 1 aliphatic rings. The van der Waals surface area contributed by atoms with E-state index in [0.717, 1.165) is 22.5 Å². The van der Waals surface area contributed by atoms with Gasteiger partial charge in [-0.05, 0) is 55.2 Å². The molecule has 31 heavy (non-hydrogen) atoms. The van der Waals surface area contributed by atoms with Crippen LogP contribution in [0.15, 0.2) is 60.7 Å². The quantitative estimate of drug-likeness (QED) is 0.504. The summed E-state index contributed by atoms with van der Waals surface area (Å²) in [6.45, 7) is 9.31. The molecule has 7 nitrogen and oxygen atoms in total. The Bertz CT molecular complexity index is 1020. The third kappa shape index (κ3) is 4.77. The molecule has 1 unspecified atom stereocenters. The number of imide groups is 1. The van der Waals surface area contributed by atoms with Crippen LogP contribution in [-0.4, -0.2) is 35.9 Å². The number of benzene rings is 2. The Morgan fingerprint density at radius 1 is 1.16 bits per heavy atom. The molecular formula is C24H27N3O4. The number of ether oxygens (including phenoxy) is 1. The summed E-state index contributed by atoms with van der Waals surface area (Å²) in [5, 5.41) is 5.50. The van der Waals surface area contributed by atoms with Crippen LogP contribution in [0.4, 0.5) is 10.5 Å². The number of amides is 4. The molecule has 0 aliphatic carbocycles. The molecule has 1 fully saturated rings. The molecular weight excluding hydrogens is 394 g/mol. The fourth-order valence-electron chi connectivity index (χ4n) is 3.41. The molecule has 2 aromatic carbocycles. The molecule has 0 spiro atoms. The molecule has 1 aliphatic heterocycles. The van der Waals surface area contributed by atoms with Crippen LogP contribution in [0.5, 0.6) is 5.75 Å². The smallest absolute Gasteiger partial charge is 0.325 e. The van der Waals surface area contributed by atoms with Crippen molar-refractivity contribution in [2.75, 3.05) is 18.5 Å². The number of anilines is 1. The van der Waals surface area contributed by atoms with Gasteiger partial charge in [0.05, 0.1) is 0 Å². The maximum absolute atomic E-state index is 13.1. The minimum absolute atomic E-state index is 0.363. The predicted molar refractivity (Wildman–Crippen MR) is 119 cm³/mol. The number of hydrogen-bond acceptors (Lipinski definition) is 4. The molecule has 1 atom stereocenters. The van der Waals surface area contributed by atoms with Crippen molar-refractivity contribution in [1.29, 1.82) is 0 Å². The molecule has 0 bridgehead atoms. The van der Waals surface area contributed by atoms with Crippen molar-refractivity contribution in [3.63, 3.8) is 0 Å². The highest BCUT2D eigenvalue weighted by atomic mass is 16.5. The Morgan fingerprint density at radius 3 is 2.48 bits per heavy atom. The molecule has 0 aromatic heterocycles. The summed E-state index contributed by atoms with van der Waals surface area (Å²) in [5.41, 5.74) is 1.89. The van der Waals surface area contributed by atoms with Crippen LogP contribution < -0.4 is 15.4 Å². The number of rotatable bonds is 8. The highest BCUT2D eigenvalue weighted by Crippen LogP contribution is 2.30. The molecule has 2 aromatic rings. The number of aryl methyl sites for hydroxylation is 1. The lowest BCUT2D eigenvalue weighted by molar-refractivity contribution is -0.133. The van der Waals surface area contributed by atoms with Gasteiger partial charge in [0.2, 0.25) is 5.91 Å². The van der Waals surface area contributed by atoms with Gasteiger partial charge < -0.3 is 15.4 Å². The molecule has 0 radical (unpaired) electrons. The second-order valence-corrected chi connectivity index (χ2v) is 7.78. The number of urea groups is 1. The van der Waals surface area contributed by atoms with Crippen molar-refractivity contribution in [1.82, 2.24) is 10.2 Å². The topological polar surface area (TPSA) is 87.7 Å². The normalized spacial score (nSPS) is 18.0. The minimum atomic E-state index is -1.26. The van der Waals surface area contributed by atoms with E-state index in [9.17, 15) is 14.4 Å². The van der Waals surface area contributed by atoms with Crippen LogP contribution in [0, 0.1) is 0 Å². The summed E-state index contributed by atoms with van der Waals surface area (Å²) in [7, 11) is 0. The summed E-state index contributed by atoms with van der Waals surface area (Å²) in [4.78, 5) is 39.1. The Labute approximate surface area is 182 Å². The van der Waals surface area contributed by atoms with E-state index in [2.05, 4.69) is 17.2 Å². The number of carbonyl (C=O) groups is 3. The van der Waals surface area contributed by atoms with Crippen molar-refractivity contribution in [2.45, 2.75) is 32.7 Å². The van der Waals surface area contributed by atoms with Gasteiger partial charge in [0.15, 0.2) is 0 Å². The first-order valence-corrected chi connectivity index (χ1v) is 10.1. The van der Waals surface area contributed by atoms with Crippen LogP contribution in [0.1, 0.15) is 31.9 Å². The van der Waals surface area contributed by atoms with Gasteiger partial charge in [0, 0.05) is 5.69 Å². The van der Waals surface area contributed by atoms with E-state index in [1.165, 1.54) is 0 Å². The van der Waals surface area contributed by atoms with Crippen LogP contribution in [0.25, 0.3) is 0 Å². The molecule has 7 heteroatoms. The number of nitrogens with zero attached hydrogens (tertiary/aromatic N) is 1. The zero-order chi connectivity index (χ0) is 22.6. The standard InChI is InChI=1S/C24H27N3O4/c1-5-17-8-6-7-9-20(17)25-21(28)14-27-22(29)24(4,26-23(27)30)18-10-12-19(13-11-18)31-15-16(2)3/h6-13H,2,5,14-15H2,1,3-4H3,(H,25,28)(H,26,30). The Kier molecular flexibility index (Phi) is 6.44. The molecule has 3 rings (SSSR count). The van der Waals surface area contributed by atoms with E-state index >= 15 is 0 Å². The van der Waals surface area contributed by atoms with Gasteiger partial charge in [0.1, 0.15) is 24.4 Å². The predicted octanol–water partition coefficient (Wildman–Crippen LogP) is 3.61. The molecule has 2 N–H and O–H groups in total. The molecule has 1 saturated heterocycles. The summed E-state index contributed by atoms with van der Waals surface area (Å²) in [5.74, 6) is -0.276. The lowest BCUT2D eigenvalue weighted by Gasteiger charge is -2.22. The average Bonchev–Trinajstić information content (AvgIpc) is 2.97. The fourth-order valence-corrected chi connectivity index (χ4v) is 3.41. The maximum atomic E-state index is 13.1. The van der Waals surface area contributed by atoms with E-state index in [0.29, 0.717) is 23.6 Å². The molecule has 1 heterocycles. The lowest BCUT2D eigenvalue weighted by Crippen LogP contribution is -2.42. The van der Waals surface area contributed by atoms with E-state index in [1.54, 1.807) is 37.3 Å². The Balaban J connectivity index is 1.71. The molecule has 0 saturated carbocycles. The van der Waals surface area contributed by atoms with Crippen molar-refractivity contribution in [3.05, 3.63) is 71.8 Å². The van der Waals surface area contributed by atoms with Gasteiger partial charge >= 0.3 is 6.03 Å². The lowest BCUT2D eigenvalue weighted by atomic mass is 9.92. The van der Waals surface area contributed by atoms with E-state index in [4.69, 9.17) is 4.74 Å². The monoisotopic (exact) mass is 421 g/mol. The summed E-state index contributed by atoms with van der Waals surface area (Å²) in [6, 6.07) is 13.8. The van der Waals surface area contributed by atoms with Crippen molar-refractivity contribution >= 4 is 23.5 Å². The second kappa shape index (κ2) is 9.04. The fraction of sp³-hybridized carbons (Fsp3) is 0.292. The summed E-state index contributed by atoms with van der Waals surface area (Å²) < 4.78 is 5.58. The summed E-state index contributed by atoms with van der Waals surface area (Å²) in [6.07, 6.45) is 0.754. The van der Waals surface area contributed by atoms with Gasteiger partial charge in [-0.2, -0.15) is 0 Å². The summed E-state index contributed by atoms with van der Waals surface area (Å²) >= 11 is 0. The first kappa shape index (κ1) is 22.1. The number of para-hydroxylation sites is 1. The average molecular weight is 421 g/mol. The zero-order valence-corrected chi connectivity index (χ0v) is 18.0. The molecule has 4 amide bonds. The van der Waals surface area contributed by atoms with Gasteiger partial charge in [-0.1, -0.05) is 43.8 Å². The van der Waals surface area contributed by atoms with Gasteiger partial charge in [0.25, 0.3) is 5.91 Å². The molecule has 162 valence electrons. The third-order valence-corrected chi connectivity index (χ3v) is 5.17. The minimum Gasteiger partial charge on any atom is -0.489 e. The highest BCUT2D eigenvalue weighted by molar-refractivity contribution is 6.10. The van der Waals surface area contributed by atoms with E-state index < -0.39 is 23.4 Å². The van der Waals surface area contributed by atoms with E-state index in [-0.39, 0.29) is 6.54 Å². The van der Waals surface area contributed by atoms with E-state index in [1.807, 2.05) is 32.0 Å². The van der Waals surface area contributed by atoms with Gasteiger partial charge in [-0.15, -0.1) is 0 Å². The SMILES string of the molecule is C=C(C)COc1ccc(C2(C)NC(=O)N(CC(=O)Nc3ccccc3CC)C2=O)cc1. The van der Waals surface area contributed by atoms with Crippen LogP contribution in [0.3, 0.4) is 0 Å². The van der Waals surface area contributed by atoms with Crippen LogP contribution >= 0.6 is 0 Å². The first-order chi connectivity index (χ1) is 14.7. The Hall–Kier alpha value is -3.61. The largest absolute Gasteiger partial charge is 0.489 e. The second-order valence-electron chi connectivity index (χ2n) is 7.78. The maximum Gasteiger partial charge on any atom is 0.325 e. The number of nitrogens with one attached hydrogen (secondary N) is 2. The number of hydrogen-bond donors (Lipinski definition) is 2. The van der Waals surface area contributed by atoms with Crippen molar-refractivity contribution in [3.8, 4) is 5.75 Å². The van der Waals surface area contributed by atoms with Crippen LogP contribution in [0.2, 0.25) is 0 Å². The third-order valence-electron chi connectivity index (χ3n) is 5.17. The first-order valence-electron chi connectivity index (χ1n) is 10.1. The highest BCUT2D eigenvalue weighted by Gasteiger charge is 2.49. The Morgan fingerprint density at radius 2 is 1.84 bits per heavy atom. The van der Waals surface area contributed by atoms with Crippen molar-refractivity contribution in [2.24, 2.45) is 0 Å². The number of carbonyl (C=O) groups excluding carboxylic acids is 3. The zero-order valence-electron chi connectivity index (χ0n) is 18.0. The van der Waals surface area contributed by atoms with Gasteiger partial charge in [-0.25, -0.2) is 4.79 Å².